The Labute approximate surface area is 186 Å². The zero-order chi connectivity index (χ0) is 21.9. The minimum Gasteiger partial charge on any atom is -0.479 e. The summed E-state index contributed by atoms with van der Waals surface area (Å²) in [5, 5.41) is 11.2. The van der Waals surface area contributed by atoms with Crippen molar-refractivity contribution in [2.45, 2.75) is 67.7 Å². The van der Waals surface area contributed by atoms with E-state index in [9.17, 15) is 14.7 Å². The van der Waals surface area contributed by atoms with E-state index in [1.54, 1.807) is 18.8 Å². The van der Waals surface area contributed by atoms with E-state index in [0.29, 0.717) is 25.7 Å². The molecule has 1 saturated carbocycles. The van der Waals surface area contributed by atoms with E-state index in [-0.39, 0.29) is 18.2 Å². The second-order valence-electron chi connectivity index (χ2n) is 7.78. The number of rotatable bonds is 12. The molecule has 1 fully saturated rings. The van der Waals surface area contributed by atoms with Crippen molar-refractivity contribution in [1.29, 1.82) is 0 Å². The summed E-state index contributed by atoms with van der Waals surface area (Å²) in [4.78, 5) is 30.6. The molecule has 2 rings (SSSR count). The van der Waals surface area contributed by atoms with Gasteiger partial charge in [-0.1, -0.05) is 25.6 Å². The quantitative estimate of drug-likeness (QED) is 0.279. The number of nitrogens with zero attached hydrogens (tertiary/aromatic N) is 2. The van der Waals surface area contributed by atoms with Gasteiger partial charge in [-0.25, -0.2) is 9.59 Å². The van der Waals surface area contributed by atoms with Gasteiger partial charge < -0.3 is 24.8 Å². The Bertz CT molecular complexity index is 636. The van der Waals surface area contributed by atoms with Crippen molar-refractivity contribution in [3.05, 3.63) is 11.7 Å². The van der Waals surface area contributed by atoms with E-state index in [0.717, 1.165) is 48.1 Å². The molecule has 30 heavy (non-hydrogen) atoms. The van der Waals surface area contributed by atoms with Gasteiger partial charge in [-0.3, -0.25) is 4.98 Å². The van der Waals surface area contributed by atoms with Crippen molar-refractivity contribution >= 4 is 35.1 Å². The molecule has 1 heterocycles. The number of methoxy groups -OCH3 is 1. The fourth-order valence-corrected chi connectivity index (χ4v) is 4.99. The minimum atomic E-state index is -1.07. The zero-order valence-corrected chi connectivity index (χ0v) is 19.5. The highest BCUT2D eigenvalue weighted by Gasteiger charge is 2.31. The molecule has 10 heteroatoms. The number of carbonyl (C=O) groups excluding carboxylic acids is 1. The molecule has 1 aromatic heterocycles. The summed E-state index contributed by atoms with van der Waals surface area (Å²) in [6.07, 6.45) is 6.15. The van der Waals surface area contributed by atoms with E-state index in [4.69, 9.17) is 9.47 Å². The number of nitrogens with one attached hydrogen (secondary N) is 1. The summed E-state index contributed by atoms with van der Waals surface area (Å²) in [5.74, 6) is -0.614. The van der Waals surface area contributed by atoms with Gasteiger partial charge in [0, 0.05) is 19.7 Å². The molecule has 0 bridgehead atoms. The van der Waals surface area contributed by atoms with E-state index < -0.39 is 11.3 Å². The summed E-state index contributed by atoms with van der Waals surface area (Å²) < 4.78 is 11.6. The van der Waals surface area contributed by atoms with Gasteiger partial charge in [-0.15, -0.1) is 11.3 Å². The molecule has 0 radical (unpaired) electrons. The normalized spacial score (nSPS) is 20.1. The molecule has 0 aromatic carbocycles. The molecule has 1 aliphatic rings. The highest BCUT2D eigenvalue weighted by molar-refractivity contribution is 8.02. The van der Waals surface area contributed by atoms with E-state index in [1.807, 2.05) is 4.90 Å². The van der Waals surface area contributed by atoms with Crippen LogP contribution in [0.2, 0.25) is 0 Å². The lowest BCUT2D eigenvalue weighted by atomic mass is 9.91. The number of thiazole rings is 1. The molecule has 2 amide bonds. The van der Waals surface area contributed by atoms with Crippen LogP contribution >= 0.6 is 23.1 Å². The summed E-state index contributed by atoms with van der Waals surface area (Å²) in [6, 6.07) is -0.224. The van der Waals surface area contributed by atoms with Gasteiger partial charge in [0.25, 0.3) is 0 Å². The largest absolute Gasteiger partial charge is 0.479 e. The predicted molar refractivity (Wildman–Crippen MR) is 118 cm³/mol. The molecule has 0 saturated heterocycles. The van der Waals surface area contributed by atoms with Crippen molar-refractivity contribution < 1.29 is 24.2 Å². The van der Waals surface area contributed by atoms with Gasteiger partial charge in [0.15, 0.2) is 5.37 Å². The van der Waals surface area contributed by atoms with Gasteiger partial charge in [0.1, 0.15) is 0 Å². The molecule has 1 unspecified atom stereocenters. The zero-order valence-electron chi connectivity index (χ0n) is 17.9. The molecule has 170 valence electrons. The number of carboxylic acid groups (broad SMARTS) is 1. The van der Waals surface area contributed by atoms with Crippen LogP contribution < -0.4 is 5.32 Å². The monoisotopic (exact) mass is 459 g/mol. The molecular weight excluding hydrogens is 426 g/mol. The standard InChI is InChI=1S/C20H33N3O5S2/c1-14(2)8-9-23(15-4-6-16(7-5-15)28-11-10-27-3)20(26)22-18(19(24)25)30-17-12-21-13-29-17/h12-16,18H,4-11H2,1-3H3,(H,22,26)(H,24,25)/t15-,16-,18?. The maximum atomic E-state index is 13.1. The number of urea groups is 1. The maximum Gasteiger partial charge on any atom is 0.337 e. The second kappa shape index (κ2) is 13.1. The average molecular weight is 460 g/mol. The highest BCUT2D eigenvalue weighted by atomic mass is 32.2. The lowest BCUT2D eigenvalue weighted by Crippen LogP contribution is -2.52. The molecule has 0 spiro atoms. The molecular formula is C20H33N3O5S2. The smallest absolute Gasteiger partial charge is 0.337 e. The minimum absolute atomic E-state index is 0.0916. The van der Waals surface area contributed by atoms with Crippen molar-refractivity contribution in [1.82, 2.24) is 15.2 Å². The Morgan fingerprint density at radius 3 is 2.63 bits per heavy atom. The van der Waals surface area contributed by atoms with Crippen LogP contribution in [0.15, 0.2) is 15.9 Å². The number of carbonyl (C=O) groups is 2. The van der Waals surface area contributed by atoms with Crippen LogP contribution in [0.25, 0.3) is 0 Å². The molecule has 1 atom stereocenters. The third-order valence-corrected chi connectivity index (χ3v) is 7.09. The summed E-state index contributed by atoms with van der Waals surface area (Å²) in [7, 11) is 1.66. The molecule has 2 N–H and O–H groups in total. The van der Waals surface area contributed by atoms with Crippen LogP contribution in [0.3, 0.4) is 0 Å². The first-order valence-electron chi connectivity index (χ1n) is 10.4. The lowest BCUT2D eigenvalue weighted by Gasteiger charge is -2.37. The van der Waals surface area contributed by atoms with Crippen LogP contribution in [0.5, 0.6) is 0 Å². The predicted octanol–water partition coefficient (Wildman–Crippen LogP) is 3.68. The lowest BCUT2D eigenvalue weighted by molar-refractivity contribution is -0.136. The second-order valence-corrected chi connectivity index (χ2v) is 10.1. The van der Waals surface area contributed by atoms with Gasteiger partial charge in [-0.05, 0) is 38.0 Å². The van der Waals surface area contributed by atoms with Crippen LogP contribution in [-0.4, -0.2) is 71.4 Å². The number of ether oxygens (including phenoxy) is 2. The van der Waals surface area contributed by atoms with Crippen LogP contribution in [0.4, 0.5) is 4.79 Å². The number of aliphatic carboxylic acids is 1. The Hall–Kier alpha value is -1.36. The average Bonchev–Trinajstić information content (AvgIpc) is 3.22. The number of amides is 2. The first-order valence-corrected chi connectivity index (χ1v) is 12.1. The number of hydrogen-bond donors (Lipinski definition) is 2. The molecule has 1 aliphatic carbocycles. The fourth-order valence-electron chi connectivity index (χ4n) is 3.38. The van der Waals surface area contributed by atoms with Crippen LogP contribution in [0.1, 0.15) is 46.0 Å². The van der Waals surface area contributed by atoms with Crippen molar-refractivity contribution in [2.75, 3.05) is 26.9 Å². The maximum absolute atomic E-state index is 13.1. The number of hydrogen-bond acceptors (Lipinski definition) is 7. The van der Waals surface area contributed by atoms with Crippen LogP contribution in [0, 0.1) is 5.92 Å². The Balaban J connectivity index is 1.97. The topological polar surface area (TPSA) is 101 Å². The Kier molecular flexibility index (Phi) is 10.9. The molecule has 0 aliphatic heterocycles. The molecule has 1 aromatic rings. The van der Waals surface area contributed by atoms with Crippen LogP contribution in [-0.2, 0) is 14.3 Å². The van der Waals surface area contributed by atoms with Gasteiger partial charge >= 0.3 is 12.0 Å². The van der Waals surface area contributed by atoms with Crippen molar-refractivity contribution in [2.24, 2.45) is 5.92 Å². The van der Waals surface area contributed by atoms with Gasteiger partial charge in [0.05, 0.1) is 35.2 Å². The summed E-state index contributed by atoms with van der Waals surface area (Å²) in [6.45, 7) is 6.02. The van der Waals surface area contributed by atoms with E-state index in [2.05, 4.69) is 24.1 Å². The van der Waals surface area contributed by atoms with Gasteiger partial charge in [-0.2, -0.15) is 0 Å². The number of carboxylic acids is 1. The fraction of sp³-hybridized carbons (Fsp3) is 0.750. The van der Waals surface area contributed by atoms with Crippen molar-refractivity contribution in [3.63, 3.8) is 0 Å². The number of aromatic nitrogens is 1. The first kappa shape index (κ1) is 24.9. The van der Waals surface area contributed by atoms with Gasteiger partial charge in [0.2, 0.25) is 0 Å². The van der Waals surface area contributed by atoms with E-state index in [1.165, 1.54) is 11.3 Å². The molecule has 8 nitrogen and oxygen atoms in total. The third-order valence-electron chi connectivity index (χ3n) is 5.06. The first-order chi connectivity index (χ1) is 14.4. The van der Waals surface area contributed by atoms with E-state index >= 15 is 0 Å². The number of thioether (sulfide) groups is 1. The Morgan fingerprint density at radius 1 is 1.33 bits per heavy atom. The summed E-state index contributed by atoms with van der Waals surface area (Å²) >= 11 is 2.45. The SMILES string of the molecule is COCCO[C@H]1CC[C@H](N(CCC(C)C)C(=O)NC(Sc2cncs2)C(=O)O)CC1. The van der Waals surface area contributed by atoms with Crippen molar-refractivity contribution in [3.8, 4) is 0 Å². The summed E-state index contributed by atoms with van der Waals surface area (Å²) in [5.41, 5.74) is 1.64. The highest BCUT2D eigenvalue weighted by Crippen LogP contribution is 2.28. The Morgan fingerprint density at radius 2 is 2.07 bits per heavy atom. The third kappa shape index (κ3) is 8.41.